The molecule has 0 aromatic carbocycles. The smallest absolute Gasteiger partial charge is 0.308 e. The van der Waals surface area contributed by atoms with Crippen LogP contribution in [0.15, 0.2) is 11.4 Å². The highest BCUT2D eigenvalue weighted by atomic mass is 16.7. The topological polar surface area (TPSA) is 107 Å². The molecular weight excluding hydrogens is 200 g/mol. The van der Waals surface area contributed by atoms with Gasteiger partial charge in [0.15, 0.2) is 11.2 Å². The number of nitrogen functional groups attached to an aromatic ring is 1. The van der Waals surface area contributed by atoms with Crippen molar-refractivity contribution < 1.29 is 9.63 Å². The van der Waals surface area contributed by atoms with Crippen LogP contribution in [0.25, 0.3) is 0 Å². The van der Waals surface area contributed by atoms with Gasteiger partial charge in [0.1, 0.15) is 5.56 Å². The molecule has 7 heteroatoms. The van der Waals surface area contributed by atoms with Gasteiger partial charge in [0, 0.05) is 5.69 Å². The Bertz CT molecular complexity index is 405. The molecular formula is C8H10N4O3. The van der Waals surface area contributed by atoms with Crippen LogP contribution in [-0.2, 0) is 4.84 Å². The van der Waals surface area contributed by atoms with Crippen LogP contribution in [0.3, 0.4) is 0 Å². The molecule has 0 saturated carbocycles. The van der Waals surface area contributed by atoms with E-state index in [-0.39, 0.29) is 11.4 Å². The number of pyridine rings is 1. The summed E-state index contributed by atoms with van der Waals surface area (Å²) in [4.78, 5) is 29.1. The number of nitrogens with two attached hydrogens (primary N) is 1. The first-order valence-corrected chi connectivity index (χ1v) is 4.09. The van der Waals surface area contributed by atoms with Crippen LogP contribution >= 0.6 is 0 Å². The van der Waals surface area contributed by atoms with Crippen molar-refractivity contribution >= 4 is 11.8 Å². The van der Waals surface area contributed by atoms with E-state index < -0.39 is 5.97 Å². The fourth-order valence-corrected chi connectivity index (χ4v) is 1.28. The molecule has 3 N–H and O–H groups in total. The van der Waals surface area contributed by atoms with Crippen LogP contribution in [0.2, 0.25) is 0 Å². The lowest BCUT2D eigenvalue weighted by molar-refractivity contribution is 0.0508. The zero-order valence-corrected chi connectivity index (χ0v) is 8.27. The molecule has 0 radical (unpaired) electrons. The van der Waals surface area contributed by atoms with E-state index >= 15 is 0 Å². The Hall–Kier alpha value is -2.02. The molecule has 0 aliphatic rings. The number of rotatable bonds is 3. The van der Waals surface area contributed by atoms with Crippen LogP contribution in [-0.4, -0.2) is 11.0 Å². The third kappa shape index (κ3) is 2.26. The number of hydrogen-bond donors (Lipinski definition) is 2. The minimum absolute atomic E-state index is 0.0997. The number of carbonyl (C=O) groups excluding carboxylic acids is 1. The first kappa shape index (κ1) is 11.1. The summed E-state index contributed by atoms with van der Waals surface area (Å²) in [7, 11) is 0. The second-order valence-electron chi connectivity index (χ2n) is 2.90. The molecule has 0 aliphatic heterocycles. The molecule has 7 nitrogen and oxygen atoms in total. The van der Waals surface area contributed by atoms with E-state index in [1.54, 1.807) is 19.9 Å². The Labute approximate surface area is 85.5 Å². The van der Waals surface area contributed by atoms with Gasteiger partial charge in [-0.15, -0.1) is 4.91 Å². The molecule has 0 unspecified atom stereocenters. The molecule has 15 heavy (non-hydrogen) atoms. The van der Waals surface area contributed by atoms with Crippen LogP contribution < -0.4 is 11.3 Å². The van der Waals surface area contributed by atoms with Crippen molar-refractivity contribution in [3.8, 4) is 0 Å². The number of anilines is 1. The van der Waals surface area contributed by atoms with Crippen molar-refractivity contribution in [1.29, 1.82) is 0 Å². The summed E-state index contributed by atoms with van der Waals surface area (Å²) in [5, 5.41) is 2.06. The summed E-state index contributed by atoms with van der Waals surface area (Å²) >= 11 is 0. The van der Waals surface area contributed by atoms with E-state index in [9.17, 15) is 9.70 Å². The van der Waals surface area contributed by atoms with Crippen molar-refractivity contribution in [1.82, 2.24) is 4.98 Å². The first-order valence-electron chi connectivity index (χ1n) is 4.09. The summed E-state index contributed by atoms with van der Waals surface area (Å²) in [6.45, 7) is 3.43. The molecule has 1 heterocycles. The van der Waals surface area contributed by atoms with Crippen LogP contribution in [0.5, 0.6) is 0 Å². The lowest BCUT2D eigenvalue weighted by atomic mass is 10.1. The summed E-state index contributed by atoms with van der Waals surface area (Å²) in [6.07, 6.45) is 0. The summed E-state index contributed by atoms with van der Waals surface area (Å²) in [5.74, 6) is 4.46. The van der Waals surface area contributed by atoms with Crippen molar-refractivity contribution in [3.05, 3.63) is 27.8 Å². The maximum atomic E-state index is 11.3. The van der Waals surface area contributed by atoms with E-state index in [1.807, 2.05) is 0 Å². The van der Waals surface area contributed by atoms with Gasteiger partial charge in [0.2, 0.25) is 0 Å². The molecule has 0 amide bonds. The number of nitrogens with one attached hydrogen (secondary N) is 1. The van der Waals surface area contributed by atoms with Crippen molar-refractivity contribution in [2.45, 2.75) is 13.8 Å². The standard InChI is InChI=1S/C8H10N4O3/c1-4-3-5(2)10-7(11-9)6(4)8(13)15-12-14/h3H,9H2,1-2H3,(H,10,11). The Morgan fingerprint density at radius 1 is 1.60 bits per heavy atom. The van der Waals surface area contributed by atoms with Gasteiger partial charge in [-0.1, -0.05) is 0 Å². The molecule has 80 valence electrons. The van der Waals surface area contributed by atoms with Gasteiger partial charge in [-0.05, 0) is 25.5 Å². The highest BCUT2D eigenvalue weighted by molar-refractivity contribution is 5.96. The molecule has 0 spiro atoms. The van der Waals surface area contributed by atoms with Crippen molar-refractivity contribution in [2.24, 2.45) is 11.2 Å². The summed E-state index contributed by atoms with van der Waals surface area (Å²) in [6, 6.07) is 1.67. The van der Waals surface area contributed by atoms with Gasteiger partial charge >= 0.3 is 5.97 Å². The van der Waals surface area contributed by atoms with E-state index in [2.05, 4.69) is 20.6 Å². The summed E-state index contributed by atoms with van der Waals surface area (Å²) < 4.78 is 0. The van der Waals surface area contributed by atoms with Crippen molar-refractivity contribution in [2.75, 3.05) is 5.43 Å². The fraction of sp³-hybridized carbons (Fsp3) is 0.250. The highest BCUT2D eigenvalue weighted by Gasteiger charge is 2.18. The molecule has 0 atom stereocenters. The van der Waals surface area contributed by atoms with E-state index in [1.165, 1.54) is 0 Å². The quantitative estimate of drug-likeness (QED) is 0.434. The van der Waals surface area contributed by atoms with Gasteiger partial charge in [0.05, 0.1) is 0 Å². The number of nitrogens with zero attached hydrogens (tertiary/aromatic N) is 2. The zero-order chi connectivity index (χ0) is 11.4. The predicted molar refractivity (Wildman–Crippen MR) is 52.7 cm³/mol. The minimum Gasteiger partial charge on any atom is -0.308 e. The second-order valence-corrected chi connectivity index (χ2v) is 2.90. The molecule has 0 saturated heterocycles. The number of carbonyl (C=O) groups is 1. The SMILES string of the molecule is Cc1cc(C)c(C(=O)ON=O)c(NN)n1. The highest BCUT2D eigenvalue weighted by Crippen LogP contribution is 2.18. The number of hydrazine groups is 1. The van der Waals surface area contributed by atoms with Gasteiger partial charge < -0.3 is 5.43 Å². The average molecular weight is 210 g/mol. The summed E-state index contributed by atoms with van der Waals surface area (Å²) in [5.41, 5.74) is 3.65. The monoisotopic (exact) mass is 210 g/mol. The molecule has 0 aliphatic carbocycles. The lowest BCUT2D eigenvalue weighted by Crippen LogP contribution is -2.16. The number of hydrogen-bond acceptors (Lipinski definition) is 7. The fourth-order valence-electron chi connectivity index (χ4n) is 1.28. The first-order chi connectivity index (χ1) is 7.10. The Morgan fingerprint density at radius 2 is 2.27 bits per heavy atom. The zero-order valence-electron chi connectivity index (χ0n) is 8.27. The lowest BCUT2D eigenvalue weighted by Gasteiger charge is -2.08. The number of aryl methyl sites for hydroxylation is 2. The molecule has 1 aromatic rings. The van der Waals surface area contributed by atoms with E-state index in [0.29, 0.717) is 11.3 Å². The van der Waals surface area contributed by atoms with Crippen LogP contribution in [0.1, 0.15) is 21.6 Å². The maximum absolute atomic E-state index is 11.3. The van der Waals surface area contributed by atoms with Gasteiger partial charge in [-0.2, -0.15) is 0 Å². The third-order valence-corrected chi connectivity index (χ3v) is 1.81. The number of aromatic nitrogens is 1. The predicted octanol–water partition coefficient (Wildman–Crippen LogP) is 0.822. The largest absolute Gasteiger partial charge is 0.373 e. The van der Waals surface area contributed by atoms with Gasteiger partial charge in [-0.25, -0.2) is 15.6 Å². The molecule has 0 bridgehead atoms. The maximum Gasteiger partial charge on any atom is 0.373 e. The van der Waals surface area contributed by atoms with E-state index in [4.69, 9.17) is 5.84 Å². The minimum atomic E-state index is -0.886. The normalized spacial score (nSPS) is 9.53. The Morgan fingerprint density at radius 3 is 2.80 bits per heavy atom. The molecule has 1 aromatic heterocycles. The van der Waals surface area contributed by atoms with Crippen molar-refractivity contribution in [3.63, 3.8) is 0 Å². The Balaban J connectivity index is 3.25. The van der Waals surface area contributed by atoms with Gasteiger partial charge in [-0.3, -0.25) is 4.84 Å². The average Bonchev–Trinajstić information content (AvgIpc) is 2.16. The Kier molecular flexibility index (Phi) is 3.29. The van der Waals surface area contributed by atoms with Crippen LogP contribution in [0.4, 0.5) is 5.82 Å². The van der Waals surface area contributed by atoms with E-state index in [0.717, 1.165) is 0 Å². The van der Waals surface area contributed by atoms with Gasteiger partial charge in [0.25, 0.3) is 0 Å². The third-order valence-electron chi connectivity index (χ3n) is 1.81. The van der Waals surface area contributed by atoms with Crippen LogP contribution in [0, 0.1) is 18.8 Å². The second kappa shape index (κ2) is 4.47. The molecule has 0 fully saturated rings. The molecule has 1 rings (SSSR count).